The molecular weight excluding hydrogens is 882 g/mol. The fraction of sp³-hybridized carbons (Fsp3) is 0.0952. The third kappa shape index (κ3) is 6.75. The largest absolute Gasteiger partial charge is 1.00 e. The van der Waals surface area contributed by atoms with Gasteiger partial charge in [-0.2, -0.15) is 4.57 Å². The number of para-hydroxylation sites is 3. The van der Waals surface area contributed by atoms with Crippen LogP contribution in [0.5, 0.6) is 11.5 Å². The number of aromatic nitrogens is 2. The van der Waals surface area contributed by atoms with Crippen molar-refractivity contribution in [3.63, 3.8) is 0 Å². The molecule has 8 aromatic rings. The summed E-state index contributed by atoms with van der Waals surface area (Å²) in [6.07, 6.45) is 0. The molecule has 2 aromatic heterocycles. The maximum absolute atomic E-state index is 5.66. The molecule has 8 heteroatoms. The van der Waals surface area contributed by atoms with Crippen molar-refractivity contribution < 1.29 is 38.0 Å². The standard InChI is InChI=1S/C21H16NOS.C20H15NOS.CH3I.HI/c1-22-15-9-4-3-7-13(15)21-19-14(8-5-10-16(19)22)20-17(23-2)11-6-12-18(20)24-21;1-22-14-7-6-8-15(13-14)23-20-16-9-2-4-11-18(16)21-19-12-5-3-10-17(19)20;1-2;/h3-12H,1-2H3;2-13H,1H3;1H3;1H/q+1;;;/p-1. The summed E-state index contributed by atoms with van der Waals surface area (Å²) in [6.45, 7) is 0. The number of alkyl halides is 1. The molecule has 0 unspecified atom stereocenters. The lowest BCUT2D eigenvalue weighted by molar-refractivity contribution is -0.617. The van der Waals surface area contributed by atoms with E-state index in [0.29, 0.717) is 0 Å². The number of hydrogen-bond donors (Lipinski definition) is 0. The molecule has 0 atom stereocenters. The van der Waals surface area contributed by atoms with Crippen molar-refractivity contribution in [1.82, 2.24) is 4.98 Å². The Morgan fingerprint density at radius 1 is 0.660 bits per heavy atom. The Labute approximate surface area is 331 Å². The van der Waals surface area contributed by atoms with Crippen molar-refractivity contribution >= 4 is 89.7 Å². The highest BCUT2D eigenvalue weighted by Gasteiger charge is 2.28. The first kappa shape index (κ1) is 36.2. The van der Waals surface area contributed by atoms with Gasteiger partial charge in [0.05, 0.1) is 36.0 Å². The van der Waals surface area contributed by atoms with E-state index in [1.807, 2.05) is 47.0 Å². The zero-order chi connectivity index (χ0) is 33.9. The van der Waals surface area contributed by atoms with Crippen LogP contribution in [0.25, 0.3) is 54.7 Å². The molecule has 0 aliphatic carbocycles. The van der Waals surface area contributed by atoms with E-state index in [4.69, 9.17) is 14.5 Å². The lowest BCUT2D eigenvalue weighted by atomic mass is 9.97. The smallest absolute Gasteiger partial charge is 0.214 e. The molecule has 0 amide bonds. The van der Waals surface area contributed by atoms with Gasteiger partial charge in [-0.1, -0.05) is 119 Å². The van der Waals surface area contributed by atoms with E-state index in [2.05, 4.69) is 137 Å². The summed E-state index contributed by atoms with van der Waals surface area (Å²) in [7, 11) is 5.59. The predicted octanol–water partition coefficient (Wildman–Crippen LogP) is 8.56. The van der Waals surface area contributed by atoms with Crippen LogP contribution in [0.4, 0.5) is 0 Å². The summed E-state index contributed by atoms with van der Waals surface area (Å²) in [6, 6.07) is 46.3. The number of rotatable bonds is 4. The van der Waals surface area contributed by atoms with Gasteiger partial charge in [0, 0.05) is 53.6 Å². The summed E-state index contributed by atoms with van der Waals surface area (Å²) in [5.41, 5.74) is 7.03. The minimum absolute atomic E-state index is 0. The molecule has 6 aromatic carbocycles. The summed E-state index contributed by atoms with van der Waals surface area (Å²) in [5, 5.41) is 4.98. The molecular formula is C42H34I2N2O2S2. The summed E-state index contributed by atoms with van der Waals surface area (Å²) in [4.78, 5) is 11.7. The fourth-order valence-electron chi connectivity index (χ4n) is 6.43. The number of fused-ring (bicyclic) bond motifs is 6. The van der Waals surface area contributed by atoms with Gasteiger partial charge in [-0.25, -0.2) is 4.98 Å². The summed E-state index contributed by atoms with van der Waals surface area (Å²) in [5.74, 6) is 1.81. The number of pyridine rings is 2. The highest BCUT2D eigenvalue weighted by molar-refractivity contribution is 14.1. The summed E-state index contributed by atoms with van der Waals surface area (Å²) < 4.78 is 13.3. The molecule has 0 bridgehead atoms. The summed E-state index contributed by atoms with van der Waals surface area (Å²) >= 11 is 5.76. The van der Waals surface area contributed by atoms with Crippen LogP contribution in [0.1, 0.15) is 0 Å². The Kier molecular flexibility index (Phi) is 11.7. The molecule has 1 aliphatic heterocycles. The average molecular weight is 917 g/mol. The number of nitrogens with zero attached hydrogens (tertiary/aromatic N) is 2. The maximum atomic E-state index is 5.66. The molecule has 0 spiro atoms. The lowest BCUT2D eigenvalue weighted by Gasteiger charge is -2.22. The predicted molar refractivity (Wildman–Crippen MR) is 215 cm³/mol. The number of ether oxygens (including phenoxy) is 2. The van der Waals surface area contributed by atoms with Crippen LogP contribution in [-0.2, 0) is 7.05 Å². The van der Waals surface area contributed by atoms with Gasteiger partial charge >= 0.3 is 0 Å². The van der Waals surface area contributed by atoms with Gasteiger partial charge in [-0.15, -0.1) is 0 Å². The van der Waals surface area contributed by atoms with Gasteiger partial charge in [0.1, 0.15) is 18.5 Å². The van der Waals surface area contributed by atoms with E-state index >= 15 is 0 Å². The Morgan fingerprint density at radius 3 is 1.98 bits per heavy atom. The van der Waals surface area contributed by atoms with E-state index in [1.54, 1.807) is 26.0 Å². The zero-order valence-corrected chi connectivity index (χ0v) is 33.9. The van der Waals surface area contributed by atoms with E-state index < -0.39 is 0 Å². The fourth-order valence-corrected chi connectivity index (χ4v) is 8.83. The molecule has 0 saturated carbocycles. The van der Waals surface area contributed by atoms with Crippen molar-refractivity contribution in [2.45, 2.75) is 19.6 Å². The van der Waals surface area contributed by atoms with Crippen LogP contribution in [0.3, 0.4) is 0 Å². The molecule has 0 radical (unpaired) electrons. The van der Waals surface area contributed by atoms with Crippen LogP contribution in [0.15, 0.2) is 153 Å². The normalized spacial score (nSPS) is 11.1. The van der Waals surface area contributed by atoms with E-state index in [9.17, 15) is 0 Å². The van der Waals surface area contributed by atoms with Crippen LogP contribution in [0, 0.1) is 0 Å². The number of methoxy groups -OCH3 is 2. The van der Waals surface area contributed by atoms with E-state index in [1.165, 1.54) is 58.4 Å². The lowest BCUT2D eigenvalue weighted by Crippen LogP contribution is -3.00. The number of hydrogen-bond acceptors (Lipinski definition) is 5. The Morgan fingerprint density at radius 2 is 1.28 bits per heavy atom. The number of benzene rings is 6. The SMILES string of the molecule is CI.COc1cccc(Sc2c3ccccc3nc3ccccc23)c1.COc1cccc2c1-c1cccc3c1c(c1ccccc1[n+]3C)S2.[I-]. The molecule has 0 fully saturated rings. The average Bonchev–Trinajstić information content (AvgIpc) is 3.17. The van der Waals surface area contributed by atoms with Crippen LogP contribution in [-0.4, -0.2) is 24.1 Å². The van der Waals surface area contributed by atoms with Crippen molar-refractivity contribution in [1.29, 1.82) is 0 Å². The zero-order valence-electron chi connectivity index (χ0n) is 28.0. The van der Waals surface area contributed by atoms with Crippen molar-refractivity contribution in [2.75, 3.05) is 19.2 Å². The van der Waals surface area contributed by atoms with Gasteiger partial charge in [-0.3, -0.25) is 0 Å². The van der Waals surface area contributed by atoms with Gasteiger partial charge in [0.2, 0.25) is 11.0 Å². The van der Waals surface area contributed by atoms with Gasteiger partial charge in [0.25, 0.3) is 0 Å². The third-order valence-electron chi connectivity index (χ3n) is 8.63. The van der Waals surface area contributed by atoms with Crippen LogP contribution >= 0.6 is 46.1 Å². The van der Waals surface area contributed by atoms with Crippen LogP contribution < -0.4 is 38.0 Å². The van der Waals surface area contributed by atoms with Gasteiger partial charge in [0.15, 0.2) is 0 Å². The Hall–Kier alpha value is -3.58. The molecule has 4 nitrogen and oxygen atoms in total. The van der Waals surface area contributed by atoms with Crippen molar-refractivity contribution in [3.05, 3.63) is 133 Å². The molecule has 1 aliphatic rings. The van der Waals surface area contributed by atoms with E-state index in [-0.39, 0.29) is 24.0 Å². The number of aryl methyl sites for hydroxylation is 1. The number of halogens is 2. The highest BCUT2D eigenvalue weighted by atomic mass is 127. The molecule has 9 rings (SSSR count). The van der Waals surface area contributed by atoms with Crippen molar-refractivity contribution in [3.8, 4) is 22.6 Å². The first-order chi connectivity index (χ1) is 24.1. The third-order valence-corrected chi connectivity index (χ3v) is 11.0. The van der Waals surface area contributed by atoms with Gasteiger partial charge < -0.3 is 33.5 Å². The molecule has 0 saturated heterocycles. The topological polar surface area (TPSA) is 35.2 Å². The Balaban J connectivity index is 0.000000162. The second-order valence-corrected chi connectivity index (χ2v) is 13.4. The highest BCUT2D eigenvalue weighted by Crippen LogP contribution is 2.52. The maximum Gasteiger partial charge on any atom is 0.214 e. The second kappa shape index (κ2) is 16.2. The quantitative estimate of drug-likeness (QED) is 0.0766. The second-order valence-electron chi connectivity index (χ2n) is 11.3. The molecule has 3 heterocycles. The Bertz CT molecular complexity index is 2440. The minimum Gasteiger partial charge on any atom is -1.00 e. The minimum atomic E-state index is 0. The first-order valence-electron chi connectivity index (χ1n) is 15.8. The van der Waals surface area contributed by atoms with Gasteiger partial charge in [-0.05, 0) is 53.5 Å². The molecule has 0 N–H and O–H groups in total. The van der Waals surface area contributed by atoms with Crippen molar-refractivity contribution in [2.24, 2.45) is 7.05 Å². The molecule has 250 valence electrons. The first-order valence-corrected chi connectivity index (χ1v) is 19.6. The van der Waals surface area contributed by atoms with E-state index in [0.717, 1.165) is 27.4 Å². The molecule has 50 heavy (non-hydrogen) atoms. The monoisotopic (exact) mass is 916 g/mol. The van der Waals surface area contributed by atoms with Crippen LogP contribution in [0.2, 0.25) is 0 Å².